The summed E-state index contributed by atoms with van der Waals surface area (Å²) in [6.45, 7) is 9.70. The molecule has 122 valence electrons. The first-order valence-corrected chi connectivity index (χ1v) is 8.96. The third kappa shape index (κ3) is 5.09. The fraction of sp³-hybridized carbons (Fsp3) is 0.786. The lowest BCUT2D eigenvalue weighted by molar-refractivity contribution is 0.538. The zero-order valence-corrected chi connectivity index (χ0v) is 14.5. The predicted molar refractivity (Wildman–Crippen MR) is 84.9 cm³/mol. The zero-order valence-electron chi connectivity index (χ0n) is 13.7. The van der Waals surface area contributed by atoms with Crippen molar-refractivity contribution < 1.29 is 8.42 Å². The Kier molecular flexibility index (Phi) is 6.83. The molecule has 0 saturated heterocycles. The van der Waals surface area contributed by atoms with Crippen molar-refractivity contribution in [1.82, 2.24) is 19.8 Å². The van der Waals surface area contributed by atoms with Gasteiger partial charge in [0.25, 0.3) is 0 Å². The van der Waals surface area contributed by atoms with Crippen molar-refractivity contribution in [3.05, 3.63) is 11.4 Å². The predicted octanol–water partition coefficient (Wildman–Crippen LogP) is 1.43. The lowest BCUT2D eigenvalue weighted by Crippen LogP contribution is -2.26. The molecule has 0 bridgehead atoms. The Hall–Kier alpha value is -0.920. The highest BCUT2D eigenvalue weighted by molar-refractivity contribution is 7.89. The summed E-state index contributed by atoms with van der Waals surface area (Å²) in [6, 6.07) is 0. The molecule has 0 spiro atoms. The molecular weight excluding hydrogens is 288 g/mol. The van der Waals surface area contributed by atoms with Crippen LogP contribution in [0.1, 0.15) is 38.1 Å². The van der Waals surface area contributed by atoms with E-state index in [1.165, 1.54) is 0 Å². The van der Waals surface area contributed by atoms with Gasteiger partial charge in [-0.2, -0.15) is 5.10 Å². The Morgan fingerprint density at radius 2 is 1.90 bits per heavy atom. The van der Waals surface area contributed by atoms with Gasteiger partial charge < -0.3 is 5.32 Å². The van der Waals surface area contributed by atoms with E-state index in [-0.39, 0.29) is 0 Å². The molecule has 0 unspecified atom stereocenters. The fourth-order valence-electron chi connectivity index (χ4n) is 2.29. The van der Waals surface area contributed by atoms with Gasteiger partial charge in [0.15, 0.2) is 0 Å². The number of likely N-dealkylation sites (N-methyl/N-ethyl adjacent to an activating group) is 1. The molecule has 0 atom stereocenters. The molecule has 1 aromatic heterocycles. The number of aromatic nitrogens is 2. The topological polar surface area (TPSA) is 76.0 Å². The highest BCUT2D eigenvalue weighted by atomic mass is 32.2. The van der Waals surface area contributed by atoms with Gasteiger partial charge in [0.1, 0.15) is 4.90 Å². The quantitative estimate of drug-likeness (QED) is 0.676. The molecule has 0 aliphatic rings. The van der Waals surface area contributed by atoms with E-state index in [2.05, 4.69) is 29.0 Å². The average Bonchev–Trinajstić information content (AvgIpc) is 2.67. The SMILES string of the molecule is CNCCn1nc(C)c(S(=O)(=O)NCCCC(C)C)c1C. The molecule has 0 aliphatic carbocycles. The average molecular weight is 316 g/mol. The Labute approximate surface area is 128 Å². The standard InChI is InChI=1S/C14H28N4O2S/c1-11(2)7-6-8-16-21(19,20)14-12(3)17-18(13(14)4)10-9-15-5/h11,15-16H,6-10H2,1-5H3. The van der Waals surface area contributed by atoms with Crippen molar-refractivity contribution in [1.29, 1.82) is 0 Å². The van der Waals surface area contributed by atoms with Gasteiger partial charge >= 0.3 is 0 Å². The Morgan fingerprint density at radius 3 is 2.48 bits per heavy atom. The summed E-state index contributed by atoms with van der Waals surface area (Å²) in [5.74, 6) is 0.585. The molecule has 6 nitrogen and oxygen atoms in total. The Morgan fingerprint density at radius 1 is 1.24 bits per heavy atom. The van der Waals surface area contributed by atoms with E-state index in [1.54, 1.807) is 18.5 Å². The third-order valence-electron chi connectivity index (χ3n) is 3.41. The van der Waals surface area contributed by atoms with E-state index < -0.39 is 10.0 Å². The van der Waals surface area contributed by atoms with Crippen LogP contribution in [-0.4, -0.2) is 38.3 Å². The molecule has 7 heteroatoms. The maximum absolute atomic E-state index is 12.4. The number of sulfonamides is 1. The zero-order chi connectivity index (χ0) is 16.0. The first-order valence-electron chi connectivity index (χ1n) is 7.48. The highest BCUT2D eigenvalue weighted by Gasteiger charge is 2.23. The van der Waals surface area contributed by atoms with Gasteiger partial charge in [0.05, 0.1) is 17.9 Å². The van der Waals surface area contributed by atoms with Gasteiger partial charge in [-0.3, -0.25) is 4.68 Å². The van der Waals surface area contributed by atoms with Crippen LogP contribution in [0.2, 0.25) is 0 Å². The largest absolute Gasteiger partial charge is 0.318 e. The molecule has 2 N–H and O–H groups in total. The molecule has 21 heavy (non-hydrogen) atoms. The number of rotatable bonds is 9. The minimum Gasteiger partial charge on any atom is -0.318 e. The van der Waals surface area contributed by atoms with Crippen molar-refractivity contribution in [2.75, 3.05) is 20.1 Å². The first-order chi connectivity index (χ1) is 9.79. The smallest absolute Gasteiger partial charge is 0.244 e. The highest BCUT2D eigenvalue weighted by Crippen LogP contribution is 2.19. The van der Waals surface area contributed by atoms with Gasteiger partial charge in [-0.05, 0) is 39.7 Å². The molecular formula is C14H28N4O2S. The lowest BCUT2D eigenvalue weighted by Gasteiger charge is -2.09. The molecule has 0 radical (unpaired) electrons. The number of hydrogen-bond acceptors (Lipinski definition) is 4. The Balaban J connectivity index is 2.80. The van der Waals surface area contributed by atoms with Crippen LogP contribution >= 0.6 is 0 Å². The van der Waals surface area contributed by atoms with Crippen LogP contribution in [0.25, 0.3) is 0 Å². The van der Waals surface area contributed by atoms with E-state index in [1.807, 2.05) is 7.05 Å². The van der Waals surface area contributed by atoms with Crippen LogP contribution in [-0.2, 0) is 16.6 Å². The van der Waals surface area contributed by atoms with Crippen LogP contribution in [0.5, 0.6) is 0 Å². The normalized spacial score (nSPS) is 12.3. The number of aryl methyl sites for hydroxylation is 1. The first kappa shape index (κ1) is 18.1. The van der Waals surface area contributed by atoms with E-state index in [0.717, 1.165) is 19.4 Å². The minimum absolute atomic E-state index is 0.322. The number of hydrogen-bond donors (Lipinski definition) is 2. The summed E-state index contributed by atoms with van der Waals surface area (Å²) in [5, 5.41) is 7.37. The van der Waals surface area contributed by atoms with Crippen LogP contribution in [0.15, 0.2) is 4.90 Å². The lowest BCUT2D eigenvalue weighted by atomic mass is 10.1. The van der Waals surface area contributed by atoms with E-state index in [0.29, 0.717) is 35.3 Å². The van der Waals surface area contributed by atoms with Gasteiger partial charge in [0.2, 0.25) is 10.0 Å². The second kappa shape index (κ2) is 7.91. The summed E-state index contributed by atoms with van der Waals surface area (Å²) in [4.78, 5) is 0.322. The molecule has 1 heterocycles. The molecule has 1 aromatic rings. The van der Waals surface area contributed by atoms with Crippen LogP contribution in [0.4, 0.5) is 0 Å². The van der Waals surface area contributed by atoms with E-state index in [9.17, 15) is 8.42 Å². The van der Waals surface area contributed by atoms with Crippen molar-refractivity contribution in [3.63, 3.8) is 0 Å². The summed E-state index contributed by atoms with van der Waals surface area (Å²) < 4.78 is 29.3. The van der Waals surface area contributed by atoms with Gasteiger partial charge in [-0.25, -0.2) is 13.1 Å². The van der Waals surface area contributed by atoms with Crippen LogP contribution in [0.3, 0.4) is 0 Å². The van der Waals surface area contributed by atoms with Crippen molar-refractivity contribution in [2.24, 2.45) is 5.92 Å². The summed E-state index contributed by atoms with van der Waals surface area (Å²) in [5.41, 5.74) is 1.25. The van der Waals surface area contributed by atoms with Crippen molar-refractivity contribution >= 4 is 10.0 Å². The van der Waals surface area contributed by atoms with Gasteiger partial charge in [0, 0.05) is 13.1 Å². The van der Waals surface area contributed by atoms with E-state index >= 15 is 0 Å². The molecule has 0 aliphatic heterocycles. The van der Waals surface area contributed by atoms with Crippen molar-refractivity contribution in [2.45, 2.75) is 52.0 Å². The molecule has 0 saturated carbocycles. The molecule has 0 fully saturated rings. The molecule has 1 rings (SSSR count). The maximum Gasteiger partial charge on any atom is 0.244 e. The monoisotopic (exact) mass is 316 g/mol. The number of nitrogens with one attached hydrogen (secondary N) is 2. The molecule has 0 amide bonds. The summed E-state index contributed by atoms with van der Waals surface area (Å²) in [7, 11) is -1.62. The third-order valence-corrected chi connectivity index (χ3v) is 5.12. The Bertz CT molecular complexity index is 550. The van der Waals surface area contributed by atoms with Gasteiger partial charge in [-0.1, -0.05) is 13.8 Å². The van der Waals surface area contributed by atoms with Crippen LogP contribution in [0, 0.1) is 19.8 Å². The fourth-order valence-corrected chi connectivity index (χ4v) is 3.78. The second-order valence-electron chi connectivity index (χ2n) is 5.76. The summed E-state index contributed by atoms with van der Waals surface area (Å²) >= 11 is 0. The van der Waals surface area contributed by atoms with E-state index in [4.69, 9.17) is 0 Å². The number of nitrogens with zero attached hydrogens (tertiary/aromatic N) is 2. The van der Waals surface area contributed by atoms with Crippen LogP contribution < -0.4 is 10.0 Å². The molecule has 0 aromatic carbocycles. The second-order valence-corrected chi connectivity index (χ2v) is 7.46. The summed E-state index contributed by atoms with van der Waals surface area (Å²) in [6.07, 6.45) is 1.87. The maximum atomic E-state index is 12.4. The van der Waals surface area contributed by atoms with Gasteiger partial charge in [-0.15, -0.1) is 0 Å². The minimum atomic E-state index is -3.48. The van der Waals surface area contributed by atoms with Crippen molar-refractivity contribution in [3.8, 4) is 0 Å².